The van der Waals surface area contributed by atoms with Crippen LogP contribution in [-0.2, 0) is 16.4 Å². The van der Waals surface area contributed by atoms with Gasteiger partial charge >= 0.3 is 0 Å². The standard InChI is InChI=1S/C24H25N7O4S/c1-5-7-21-27-15(4)22-24(32)28-23(29-31(21)22)18-11-17(8-9-20(18)35-6-2)36(33,34)30-16-10-14(3)19(12-25)26-13-16/h8-11,13,30H,5-7H2,1-4H3,(H,28,29,32). The fraction of sp³-hybridized carbons (Fsp3) is 0.292. The van der Waals surface area contributed by atoms with E-state index in [4.69, 9.17) is 10.00 Å². The number of ether oxygens (including phenoxy) is 1. The van der Waals surface area contributed by atoms with E-state index in [0.717, 1.165) is 6.42 Å². The van der Waals surface area contributed by atoms with Crippen LogP contribution in [0.5, 0.6) is 5.75 Å². The average Bonchev–Trinajstić information content (AvgIpc) is 3.15. The SMILES string of the molecule is CCCc1nc(C)c2c(=O)[nH]c(-c3cc(S(=O)(=O)Nc4cnc(C#N)c(C)c4)ccc3OCC)nn12. The van der Waals surface area contributed by atoms with Gasteiger partial charge in [-0.05, 0) is 57.0 Å². The third-order valence-electron chi connectivity index (χ3n) is 5.47. The van der Waals surface area contributed by atoms with E-state index in [1.807, 2.05) is 13.0 Å². The monoisotopic (exact) mass is 507 g/mol. The van der Waals surface area contributed by atoms with Gasteiger partial charge < -0.3 is 9.72 Å². The summed E-state index contributed by atoms with van der Waals surface area (Å²) in [6.45, 7) is 7.54. The number of H-pyrrole nitrogens is 1. The largest absolute Gasteiger partial charge is 0.493 e. The number of nitrogens with one attached hydrogen (secondary N) is 2. The molecule has 0 aliphatic heterocycles. The first-order valence-electron chi connectivity index (χ1n) is 11.3. The van der Waals surface area contributed by atoms with Crippen molar-refractivity contribution in [2.75, 3.05) is 11.3 Å². The summed E-state index contributed by atoms with van der Waals surface area (Å²) in [5.41, 5.74) is 1.79. The first-order valence-corrected chi connectivity index (χ1v) is 12.8. The fourth-order valence-corrected chi connectivity index (χ4v) is 4.91. The number of aryl methyl sites for hydroxylation is 3. The van der Waals surface area contributed by atoms with Crippen LogP contribution in [0.15, 0.2) is 40.2 Å². The Morgan fingerprint density at radius 2 is 2.00 bits per heavy atom. The lowest BCUT2D eigenvalue weighted by Crippen LogP contribution is -2.17. The van der Waals surface area contributed by atoms with Crippen molar-refractivity contribution in [3.8, 4) is 23.2 Å². The van der Waals surface area contributed by atoms with E-state index in [1.54, 1.807) is 20.8 Å². The Morgan fingerprint density at radius 3 is 2.67 bits per heavy atom. The van der Waals surface area contributed by atoms with Gasteiger partial charge in [0, 0.05) is 6.42 Å². The Morgan fingerprint density at radius 1 is 1.22 bits per heavy atom. The molecule has 0 amide bonds. The molecule has 0 atom stereocenters. The maximum atomic E-state index is 13.2. The number of pyridine rings is 1. The number of benzene rings is 1. The molecule has 36 heavy (non-hydrogen) atoms. The molecule has 3 aromatic heterocycles. The molecule has 1 aromatic carbocycles. The molecule has 0 bridgehead atoms. The minimum absolute atomic E-state index is 0.0682. The normalized spacial score (nSPS) is 11.4. The molecule has 4 rings (SSSR count). The number of nitriles is 1. The quantitative estimate of drug-likeness (QED) is 0.368. The molecule has 0 spiro atoms. The number of hydrogen-bond donors (Lipinski definition) is 2. The summed E-state index contributed by atoms with van der Waals surface area (Å²) in [7, 11) is -4.04. The summed E-state index contributed by atoms with van der Waals surface area (Å²) >= 11 is 0. The molecule has 4 aromatic rings. The summed E-state index contributed by atoms with van der Waals surface area (Å²) < 4.78 is 36.1. The topological polar surface area (TPSA) is 155 Å². The van der Waals surface area contributed by atoms with Crippen LogP contribution < -0.4 is 15.0 Å². The Labute approximate surface area is 207 Å². The van der Waals surface area contributed by atoms with Crippen LogP contribution in [-0.4, -0.2) is 39.6 Å². The summed E-state index contributed by atoms with van der Waals surface area (Å²) in [6.07, 6.45) is 2.72. The molecule has 3 heterocycles. The zero-order valence-corrected chi connectivity index (χ0v) is 21.1. The third-order valence-corrected chi connectivity index (χ3v) is 6.85. The minimum atomic E-state index is -4.04. The zero-order valence-electron chi connectivity index (χ0n) is 20.3. The molecule has 12 heteroatoms. The molecule has 0 aliphatic carbocycles. The van der Waals surface area contributed by atoms with Gasteiger partial charge in [0.1, 0.15) is 23.3 Å². The number of hydrogen-bond acceptors (Lipinski definition) is 8. The highest BCUT2D eigenvalue weighted by Crippen LogP contribution is 2.31. The lowest BCUT2D eigenvalue weighted by Gasteiger charge is -2.14. The van der Waals surface area contributed by atoms with Gasteiger partial charge in [0.15, 0.2) is 11.3 Å². The van der Waals surface area contributed by atoms with Crippen LogP contribution in [0.1, 0.15) is 43.0 Å². The van der Waals surface area contributed by atoms with Crippen LogP contribution in [0.4, 0.5) is 5.69 Å². The number of aromatic nitrogens is 5. The van der Waals surface area contributed by atoms with Crippen molar-refractivity contribution < 1.29 is 13.2 Å². The average molecular weight is 508 g/mol. The van der Waals surface area contributed by atoms with E-state index in [9.17, 15) is 13.2 Å². The second-order valence-corrected chi connectivity index (χ2v) is 9.81. The molecule has 186 valence electrons. The molecule has 0 saturated heterocycles. The van der Waals surface area contributed by atoms with Gasteiger partial charge in [-0.2, -0.15) is 5.26 Å². The minimum Gasteiger partial charge on any atom is -0.493 e. The molecule has 11 nitrogen and oxygen atoms in total. The highest BCUT2D eigenvalue weighted by atomic mass is 32.2. The van der Waals surface area contributed by atoms with E-state index in [1.165, 1.54) is 35.0 Å². The van der Waals surface area contributed by atoms with Crippen molar-refractivity contribution in [3.05, 3.63) is 63.6 Å². The zero-order chi connectivity index (χ0) is 26.0. The maximum Gasteiger partial charge on any atom is 0.277 e. The van der Waals surface area contributed by atoms with Gasteiger partial charge in [-0.3, -0.25) is 9.52 Å². The van der Waals surface area contributed by atoms with Gasteiger partial charge in [0.2, 0.25) is 0 Å². The van der Waals surface area contributed by atoms with Crippen molar-refractivity contribution in [2.24, 2.45) is 0 Å². The van der Waals surface area contributed by atoms with E-state index in [-0.39, 0.29) is 27.7 Å². The lowest BCUT2D eigenvalue weighted by atomic mass is 10.2. The van der Waals surface area contributed by atoms with Gasteiger partial charge in [0.05, 0.1) is 34.6 Å². The van der Waals surface area contributed by atoms with Crippen molar-refractivity contribution in [2.45, 2.75) is 45.4 Å². The van der Waals surface area contributed by atoms with Crippen LogP contribution in [0.25, 0.3) is 16.9 Å². The van der Waals surface area contributed by atoms with Gasteiger partial charge in [0.25, 0.3) is 15.6 Å². The van der Waals surface area contributed by atoms with Gasteiger partial charge in [-0.25, -0.2) is 22.9 Å². The number of rotatable bonds is 8. The maximum absolute atomic E-state index is 13.2. The molecular formula is C24H25N7O4S. The second kappa shape index (κ2) is 9.79. The molecule has 0 saturated carbocycles. The van der Waals surface area contributed by atoms with Gasteiger partial charge in [-0.15, -0.1) is 5.10 Å². The van der Waals surface area contributed by atoms with Crippen LogP contribution >= 0.6 is 0 Å². The molecule has 0 aliphatic rings. The third kappa shape index (κ3) is 4.65. The number of aromatic amines is 1. The molecule has 0 radical (unpaired) electrons. The highest BCUT2D eigenvalue weighted by Gasteiger charge is 2.21. The molecule has 0 fully saturated rings. The van der Waals surface area contributed by atoms with Crippen molar-refractivity contribution in [3.63, 3.8) is 0 Å². The Bertz CT molecular complexity index is 1670. The smallest absolute Gasteiger partial charge is 0.277 e. The first kappa shape index (κ1) is 24.9. The van der Waals surface area contributed by atoms with Gasteiger partial charge in [-0.1, -0.05) is 6.92 Å². The van der Waals surface area contributed by atoms with Crippen LogP contribution in [0.2, 0.25) is 0 Å². The lowest BCUT2D eigenvalue weighted by molar-refractivity contribution is 0.341. The highest BCUT2D eigenvalue weighted by molar-refractivity contribution is 7.92. The predicted molar refractivity (Wildman–Crippen MR) is 133 cm³/mol. The summed E-state index contributed by atoms with van der Waals surface area (Å²) in [6, 6.07) is 7.79. The fourth-order valence-electron chi connectivity index (χ4n) is 3.85. The Kier molecular flexibility index (Phi) is 6.76. The van der Waals surface area contributed by atoms with E-state index >= 15 is 0 Å². The molecular weight excluding hydrogens is 482 g/mol. The summed E-state index contributed by atoms with van der Waals surface area (Å²) in [5.74, 6) is 1.16. The number of sulfonamides is 1. The van der Waals surface area contributed by atoms with Crippen LogP contribution in [0, 0.1) is 25.2 Å². The second-order valence-electron chi connectivity index (χ2n) is 8.12. The predicted octanol–water partition coefficient (Wildman–Crippen LogP) is 3.12. The Hall–Kier alpha value is -4.24. The van der Waals surface area contributed by atoms with Crippen LogP contribution in [0.3, 0.4) is 0 Å². The number of nitrogens with zero attached hydrogens (tertiary/aromatic N) is 5. The summed E-state index contributed by atoms with van der Waals surface area (Å²) in [5, 5.41) is 13.7. The van der Waals surface area contributed by atoms with Crippen molar-refractivity contribution in [1.82, 2.24) is 24.6 Å². The van der Waals surface area contributed by atoms with E-state index in [0.29, 0.717) is 46.9 Å². The Balaban J connectivity index is 1.83. The van der Waals surface area contributed by atoms with Crippen molar-refractivity contribution >= 4 is 21.2 Å². The van der Waals surface area contributed by atoms with E-state index < -0.39 is 10.0 Å². The molecule has 0 unspecified atom stereocenters. The number of fused-ring (bicyclic) bond motifs is 1. The summed E-state index contributed by atoms with van der Waals surface area (Å²) in [4.78, 5) is 24.1. The number of imidazole rings is 1. The molecule has 2 N–H and O–H groups in total. The number of anilines is 1. The van der Waals surface area contributed by atoms with Crippen molar-refractivity contribution in [1.29, 1.82) is 5.26 Å². The van der Waals surface area contributed by atoms with E-state index in [2.05, 4.69) is 24.8 Å². The first-order chi connectivity index (χ1) is 17.2.